The van der Waals surface area contributed by atoms with Gasteiger partial charge in [0.2, 0.25) is 0 Å². The molecule has 0 saturated heterocycles. The Morgan fingerprint density at radius 3 is 2.75 bits per heavy atom. The van der Waals surface area contributed by atoms with Gasteiger partial charge in [0.25, 0.3) is 5.56 Å². The maximum Gasteiger partial charge on any atom is 0.416 e. The summed E-state index contributed by atoms with van der Waals surface area (Å²) in [7, 11) is 0. The first-order chi connectivity index (χ1) is 11.4. The molecule has 124 valence electrons. The molecular formula is C17H14F3N3O. The van der Waals surface area contributed by atoms with Crippen molar-refractivity contribution in [2.45, 2.75) is 31.4 Å². The fraction of sp³-hybridized carbons (Fsp3) is 0.294. The van der Waals surface area contributed by atoms with E-state index in [-0.39, 0.29) is 17.9 Å². The molecule has 2 aromatic heterocycles. The summed E-state index contributed by atoms with van der Waals surface area (Å²) < 4.78 is 40.0. The lowest BCUT2D eigenvalue weighted by molar-refractivity contribution is -0.137. The Balaban J connectivity index is 1.81. The van der Waals surface area contributed by atoms with E-state index < -0.39 is 11.7 Å². The number of hydrogen-bond acceptors (Lipinski definition) is 2. The molecule has 1 aromatic carbocycles. The van der Waals surface area contributed by atoms with Crippen LogP contribution < -0.4 is 5.56 Å². The van der Waals surface area contributed by atoms with E-state index in [1.165, 1.54) is 10.6 Å². The van der Waals surface area contributed by atoms with Crippen molar-refractivity contribution < 1.29 is 13.2 Å². The smallest absolute Gasteiger partial charge is 0.297 e. The first-order valence-corrected chi connectivity index (χ1v) is 7.68. The maximum absolute atomic E-state index is 12.9. The Kier molecular flexibility index (Phi) is 3.26. The summed E-state index contributed by atoms with van der Waals surface area (Å²) in [6.07, 6.45) is -0.713. The van der Waals surface area contributed by atoms with E-state index >= 15 is 0 Å². The van der Waals surface area contributed by atoms with Gasteiger partial charge >= 0.3 is 6.18 Å². The molecule has 1 N–H and O–H groups in total. The second kappa shape index (κ2) is 5.22. The van der Waals surface area contributed by atoms with Crippen molar-refractivity contribution in [3.63, 3.8) is 0 Å². The molecule has 1 aliphatic carbocycles. The van der Waals surface area contributed by atoms with Crippen LogP contribution in [0.4, 0.5) is 13.2 Å². The largest absolute Gasteiger partial charge is 0.416 e. The molecule has 1 aliphatic rings. The lowest BCUT2D eigenvalue weighted by Gasteiger charge is -2.11. The third-order valence-electron chi connectivity index (χ3n) is 4.27. The first kappa shape index (κ1) is 15.0. The second-order valence-electron chi connectivity index (χ2n) is 6.09. The average molecular weight is 333 g/mol. The minimum Gasteiger partial charge on any atom is -0.297 e. The van der Waals surface area contributed by atoms with Crippen LogP contribution in [-0.2, 0) is 12.6 Å². The highest BCUT2D eigenvalue weighted by Gasteiger charge is 2.32. The Labute approximate surface area is 134 Å². The molecule has 4 rings (SSSR count). The zero-order valence-corrected chi connectivity index (χ0v) is 12.6. The fourth-order valence-electron chi connectivity index (χ4n) is 2.93. The van der Waals surface area contributed by atoms with Crippen LogP contribution in [0.5, 0.6) is 0 Å². The second-order valence-corrected chi connectivity index (χ2v) is 6.09. The van der Waals surface area contributed by atoms with E-state index in [0.717, 1.165) is 30.7 Å². The highest BCUT2D eigenvalue weighted by molar-refractivity contribution is 5.43. The number of hydrogen-bond donors (Lipinski definition) is 1. The summed E-state index contributed by atoms with van der Waals surface area (Å²) in [6.45, 7) is 0. The standard InChI is InChI=1S/C17H14F3N3O/c18-17(19,20)12-3-1-2-10(8-12)9-13-15(11-4-5-11)22-14-6-7-21-23(14)16(13)24/h1-3,6-8,11,21H,4-5,9H2. The summed E-state index contributed by atoms with van der Waals surface area (Å²) in [4.78, 5) is 17.2. The summed E-state index contributed by atoms with van der Waals surface area (Å²) in [5, 5.41) is 2.80. The molecule has 0 aliphatic heterocycles. The summed E-state index contributed by atoms with van der Waals surface area (Å²) >= 11 is 0. The third kappa shape index (κ3) is 2.60. The first-order valence-electron chi connectivity index (χ1n) is 7.68. The molecule has 1 fully saturated rings. The molecule has 0 unspecified atom stereocenters. The normalized spacial score (nSPS) is 15.1. The van der Waals surface area contributed by atoms with Gasteiger partial charge < -0.3 is 0 Å². The van der Waals surface area contributed by atoms with Gasteiger partial charge in [0.15, 0.2) is 5.65 Å². The number of rotatable bonds is 3. The molecule has 0 atom stereocenters. The van der Waals surface area contributed by atoms with Crippen molar-refractivity contribution in [1.29, 1.82) is 0 Å². The number of aromatic amines is 1. The Morgan fingerprint density at radius 2 is 2.04 bits per heavy atom. The summed E-state index contributed by atoms with van der Waals surface area (Å²) in [6, 6.07) is 6.81. The average Bonchev–Trinajstić information content (AvgIpc) is 3.27. The van der Waals surface area contributed by atoms with Crippen LogP contribution in [0.25, 0.3) is 5.65 Å². The number of nitrogens with zero attached hydrogens (tertiary/aromatic N) is 2. The zero-order valence-electron chi connectivity index (χ0n) is 12.6. The molecule has 7 heteroatoms. The molecular weight excluding hydrogens is 319 g/mol. The highest BCUT2D eigenvalue weighted by atomic mass is 19.4. The molecule has 1 saturated carbocycles. The van der Waals surface area contributed by atoms with Gasteiger partial charge in [0.1, 0.15) is 0 Å². The van der Waals surface area contributed by atoms with E-state index in [0.29, 0.717) is 16.8 Å². The monoisotopic (exact) mass is 333 g/mol. The van der Waals surface area contributed by atoms with Gasteiger partial charge in [-0.1, -0.05) is 18.2 Å². The van der Waals surface area contributed by atoms with Gasteiger partial charge in [-0.25, -0.2) is 9.50 Å². The van der Waals surface area contributed by atoms with Crippen molar-refractivity contribution in [3.8, 4) is 0 Å². The van der Waals surface area contributed by atoms with Gasteiger partial charge in [-0.3, -0.25) is 9.89 Å². The number of nitrogens with one attached hydrogen (secondary N) is 1. The number of benzene rings is 1. The molecule has 0 amide bonds. The minimum atomic E-state index is -4.40. The number of halogens is 3. The molecule has 3 aromatic rings. The van der Waals surface area contributed by atoms with E-state index in [1.807, 2.05) is 0 Å². The lowest BCUT2D eigenvalue weighted by Crippen LogP contribution is -2.23. The van der Waals surface area contributed by atoms with E-state index in [9.17, 15) is 18.0 Å². The third-order valence-corrected chi connectivity index (χ3v) is 4.27. The predicted octanol–water partition coefficient (Wildman–Crippen LogP) is 3.51. The molecule has 0 radical (unpaired) electrons. The summed E-state index contributed by atoms with van der Waals surface area (Å²) in [5.41, 5.74) is 1.23. The number of alkyl halides is 3. The zero-order chi connectivity index (χ0) is 16.9. The van der Waals surface area contributed by atoms with Crippen molar-refractivity contribution in [3.05, 3.63) is 69.3 Å². The molecule has 2 heterocycles. The van der Waals surface area contributed by atoms with E-state index in [2.05, 4.69) is 10.1 Å². The predicted molar refractivity (Wildman–Crippen MR) is 82.0 cm³/mol. The summed E-state index contributed by atoms with van der Waals surface area (Å²) in [5.74, 6) is 0.235. The molecule has 24 heavy (non-hydrogen) atoms. The van der Waals surface area contributed by atoms with Crippen molar-refractivity contribution in [2.24, 2.45) is 0 Å². The quantitative estimate of drug-likeness (QED) is 0.797. The molecule has 0 bridgehead atoms. The highest BCUT2D eigenvalue weighted by Crippen LogP contribution is 2.40. The molecule has 4 nitrogen and oxygen atoms in total. The Bertz CT molecular complexity index is 967. The number of aromatic nitrogens is 3. The Hall–Kier alpha value is -2.57. The van der Waals surface area contributed by atoms with Crippen LogP contribution in [0.1, 0.15) is 41.1 Å². The van der Waals surface area contributed by atoms with Crippen molar-refractivity contribution in [2.75, 3.05) is 0 Å². The topological polar surface area (TPSA) is 50.2 Å². The van der Waals surface area contributed by atoms with Crippen molar-refractivity contribution in [1.82, 2.24) is 14.6 Å². The number of fused-ring (bicyclic) bond motifs is 1. The van der Waals surface area contributed by atoms with Gasteiger partial charge in [-0.2, -0.15) is 13.2 Å². The van der Waals surface area contributed by atoms with E-state index in [1.54, 1.807) is 18.3 Å². The van der Waals surface area contributed by atoms with Crippen LogP contribution in [0.2, 0.25) is 0 Å². The van der Waals surface area contributed by atoms with Gasteiger partial charge in [0, 0.05) is 30.2 Å². The van der Waals surface area contributed by atoms with Gasteiger partial charge in [-0.15, -0.1) is 0 Å². The van der Waals surface area contributed by atoms with Gasteiger partial charge in [-0.05, 0) is 24.5 Å². The maximum atomic E-state index is 12.9. The van der Waals surface area contributed by atoms with E-state index in [4.69, 9.17) is 0 Å². The number of H-pyrrole nitrogens is 1. The Morgan fingerprint density at radius 1 is 1.25 bits per heavy atom. The van der Waals surface area contributed by atoms with Crippen LogP contribution >= 0.6 is 0 Å². The fourth-order valence-corrected chi connectivity index (χ4v) is 2.93. The van der Waals surface area contributed by atoms with Crippen LogP contribution in [0.3, 0.4) is 0 Å². The van der Waals surface area contributed by atoms with Crippen molar-refractivity contribution >= 4 is 5.65 Å². The van der Waals surface area contributed by atoms with Crippen LogP contribution in [0.15, 0.2) is 41.3 Å². The minimum absolute atomic E-state index is 0.142. The van der Waals surface area contributed by atoms with Crippen LogP contribution in [-0.4, -0.2) is 14.6 Å². The SMILES string of the molecule is O=c1c(Cc2cccc(C(F)(F)F)c2)c(C2CC2)nc2cc[nH]n12. The van der Waals surface area contributed by atoms with Crippen LogP contribution in [0, 0.1) is 0 Å². The molecule has 0 spiro atoms. The van der Waals surface area contributed by atoms with Gasteiger partial charge in [0.05, 0.1) is 11.3 Å². The lowest BCUT2D eigenvalue weighted by atomic mass is 10.0.